The van der Waals surface area contributed by atoms with Crippen molar-refractivity contribution in [2.75, 3.05) is 39.4 Å². The van der Waals surface area contributed by atoms with Crippen molar-refractivity contribution in [1.29, 1.82) is 0 Å². The molecule has 1 amide bonds. The zero-order valence-electron chi connectivity index (χ0n) is 17.0. The van der Waals surface area contributed by atoms with Crippen LogP contribution in [0.4, 0.5) is 0 Å². The zero-order valence-corrected chi connectivity index (χ0v) is 17.8. The van der Waals surface area contributed by atoms with E-state index in [-0.39, 0.29) is 11.8 Å². The van der Waals surface area contributed by atoms with Crippen LogP contribution in [0.2, 0.25) is 0 Å². The monoisotopic (exact) mass is 411 g/mol. The minimum atomic E-state index is 0.0837. The summed E-state index contributed by atoms with van der Waals surface area (Å²) in [6.45, 7) is 5.37. The Balaban J connectivity index is 1.41. The highest BCUT2D eigenvalue weighted by molar-refractivity contribution is 7.10. The van der Waals surface area contributed by atoms with Crippen LogP contribution in [-0.2, 0) is 16.6 Å². The van der Waals surface area contributed by atoms with Crippen LogP contribution in [0.1, 0.15) is 29.2 Å². The average Bonchev–Trinajstić information content (AvgIpc) is 3.39. The smallest absolute Gasteiger partial charge is 0.220 e. The lowest BCUT2D eigenvalue weighted by Crippen LogP contribution is -2.38. The molecule has 1 aliphatic heterocycles. The lowest BCUT2D eigenvalue weighted by molar-refractivity contribution is -0.121. The topological polar surface area (TPSA) is 46.5 Å². The molecule has 0 radical (unpaired) electrons. The van der Waals surface area contributed by atoms with Crippen molar-refractivity contribution in [2.24, 2.45) is 7.05 Å². The first-order chi connectivity index (χ1) is 14.2. The van der Waals surface area contributed by atoms with Crippen LogP contribution in [0.15, 0.2) is 48.0 Å². The van der Waals surface area contributed by atoms with Gasteiger partial charge in [0.15, 0.2) is 0 Å². The normalized spacial score (nSPS) is 16.2. The van der Waals surface area contributed by atoms with Gasteiger partial charge in [-0.1, -0.05) is 24.3 Å². The molecule has 3 aromatic rings. The van der Waals surface area contributed by atoms with Crippen molar-refractivity contribution in [3.8, 4) is 0 Å². The van der Waals surface area contributed by atoms with Crippen LogP contribution < -0.4 is 5.32 Å². The van der Waals surface area contributed by atoms with Gasteiger partial charge in [-0.25, -0.2) is 0 Å². The van der Waals surface area contributed by atoms with E-state index in [0.29, 0.717) is 6.42 Å². The third-order valence-electron chi connectivity index (χ3n) is 5.66. The van der Waals surface area contributed by atoms with E-state index in [1.54, 1.807) is 11.3 Å². The van der Waals surface area contributed by atoms with Crippen molar-refractivity contribution >= 4 is 28.1 Å². The molecule has 1 fully saturated rings. The van der Waals surface area contributed by atoms with Gasteiger partial charge in [-0.15, -0.1) is 11.3 Å². The molecule has 0 saturated carbocycles. The first-order valence-corrected chi connectivity index (χ1v) is 11.2. The summed E-state index contributed by atoms with van der Waals surface area (Å²) in [5.41, 5.74) is 2.43. The number of para-hydroxylation sites is 1. The molecule has 1 aromatic carbocycles. The molecule has 0 aliphatic carbocycles. The molecule has 2 aromatic heterocycles. The third-order valence-corrected chi connectivity index (χ3v) is 6.64. The predicted molar refractivity (Wildman–Crippen MR) is 119 cm³/mol. The van der Waals surface area contributed by atoms with Crippen molar-refractivity contribution in [2.45, 2.75) is 18.8 Å². The van der Waals surface area contributed by atoms with E-state index in [1.807, 2.05) is 0 Å². The van der Waals surface area contributed by atoms with E-state index in [1.165, 1.54) is 21.3 Å². The Morgan fingerprint density at radius 2 is 2.03 bits per heavy atom. The summed E-state index contributed by atoms with van der Waals surface area (Å²) in [6.07, 6.45) is 3.64. The van der Waals surface area contributed by atoms with Crippen molar-refractivity contribution in [1.82, 2.24) is 14.8 Å². The van der Waals surface area contributed by atoms with Gasteiger partial charge >= 0.3 is 0 Å². The summed E-state index contributed by atoms with van der Waals surface area (Å²) in [6, 6.07) is 12.6. The fourth-order valence-corrected chi connectivity index (χ4v) is 4.96. The summed E-state index contributed by atoms with van der Waals surface area (Å²) < 4.78 is 7.54. The highest BCUT2D eigenvalue weighted by Crippen LogP contribution is 2.36. The Labute approximate surface area is 176 Å². The Kier molecular flexibility index (Phi) is 6.64. The highest BCUT2D eigenvalue weighted by Gasteiger charge is 2.23. The molecule has 6 heteroatoms. The fourth-order valence-electron chi connectivity index (χ4n) is 4.12. The van der Waals surface area contributed by atoms with Crippen molar-refractivity contribution in [3.63, 3.8) is 0 Å². The van der Waals surface area contributed by atoms with Crippen LogP contribution in [0.5, 0.6) is 0 Å². The van der Waals surface area contributed by atoms with Gasteiger partial charge in [0.05, 0.1) is 13.2 Å². The van der Waals surface area contributed by atoms with Crippen LogP contribution in [-0.4, -0.2) is 54.8 Å². The maximum Gasteiger partial charge on any atom is 0.220 e. The summed E-state index contributed by atoms with van der Waals surface area (Å²) in [7, 11) is 2.07. The number of benzene rings is 1. The van der Waals surface area contributed by atoms with Gasteiger partial charge in [0.1, 0.15) is 0 Å². The first-order valence-electron chi connectivity index (χ1n) is 10.4. The molecular formula is C23H29N3O2S. The Hall–Kier alpha value is -2.15. The summed E-state index contributed by atoms with van der Waals surface area (Å²) in [5.74, 6) is 0.207. The largest absolute Gasteiger partial charge is 0.379 e. The van der Waals surface area contributed by atoms with E-state index in [9.17, 15) is 4.79 Å². The van der Waals surface area contributed by atoms with Gasteiger partial charge < -0.3 is 14.6 Å². The van der Waals surface area contributed by atoms with Gasteiger partial charge in [-0.2, -0.15) is 0 Å². The van der Waals surface area contributed by atoms with E-state index < -0.39 is 0 Å². The number of nitrogens with zero attached hydrogens (tertiary/aromatic N) is 2. The second-order valence-electron chi connectivity index (χ2n) is 7.64. The molecule has 1 atom stereocenters. The van der Waals surface area contributed by atoms with Crippen LogP contribution in [0, 0.1) is 0 Å². The molecule has 5 nitrogen and oxygen atoms in total. The average molecular weight is 412 g/mol. The fraction of sp³-hybridized carbons (Fsp3) is 0.435. The molecule has 29 heavy (non-hydrogen) atoms. The van der Waals surface area contributed by atoms with Gasteiger partial charge in [0.2, 0.25) is 5.91 Å². The number of rotatable bonds is 8. The number of nitrogens with one attached hydrogen (secondary N) is 1. The molecule has 1 aliphatic rings. The highest BCUT2D eigenvalue weighted by atomic mass is 32.1. The lowest BCUT2D eigenvalue weighted by Gasteiger charge is -2.26. The number of hydrogen-bond acceptors (Lipinski definition) is 4. The number of thiophene rings is 1. The SMILES string of the molecule is Cn1cc(C(CC(=O)NCCCN2CCOCC2)c2cccs2)c2ccccc21. The van der Waals surface area contributed by atoms with Crippen LogP contribution in [0.25, 0.3) is 10.9 Å². The summed E-state index contributed by atoms with van der Waals surface area (Å²) in [5, 5.41) is 6.46. The lowest BCUT2D eigenvalue weighted by atomic mass is 9.93. The zero-order chi connectivity index (χ0) is 20.1. The van der Waals surface area contributed by atoms with Gasteiger partial charge in [-0.05, 0) is 36.0 Å². The number of carbonyl (C=O) groups is 1. The molecule has 0 spiro atoms. The summed E-state index contributed by atoms with van der Waals surface area (Å²) in [4.78, 5) is 16.4. The van der Waals surface area contributed by atoms with E-state index in [0.717, 1.165) is 45.8 Å². The maximum atomic E-state index is 12.8. The number of fused-ring (bicyclic) bond motifs is 1. The summed E-state index contributed by atoms with van der Waals surface area (Å²) >= 11 is 1.73. The predicted octanol–water partition coefficient (Wildman–Crippen LogP) is 3.60. The Morgan fingerprint density at radius 1 is 1.21 bits per heavy atom. The minimum Gasteiger partial charge on any atom is -0.379 e. The second-order valence-corrected chi connectivity index (χ2v) is 8.62. The second kappa shape index (κ2) is 9.57. The van der Waals surface area contributed by atoms with E-state index >= 15 is 0 Å². The Morgan fingerprint density at radius 3 is 2.83 bits per heavy atom. The van der Waals surface area contributed by atoms with Crippen molar-refractivity contribution in [3.05, 3.63) is 58.4 Å². The number of hydrogen-bond donors (Lipinski definition) is 1. The molecule has 3 heterocycles. The van der Waals surface area contributed by atoms with Crippen LogP contribution in [0.3, 0.4) is 0 Å². The quantitative estimate of drug-likeness (QED) is 0.576. The van der Waals surface area contributed by atoms with Gasteiger partial charge in [0.25, 0.3) is 0 Å². The van der Waals surface area contributed by atoms with Gasteiger partial charge in [-0.3, -0.25) is 9.69 Å². The molecular weight excluding hydrogens is 382 g/mol. The molecule has 154 valence electrons. The van der Waals surface area contributed by atoms with Gasteiger partial charge in [0, 0.05) is 61.0 Å². The first kappa shape index (κ1) is 20.1. The molecule has 1 saturated heterocycles. The number of aryl methyl sites for hydroxylation is 1. The van der Waals surface area contributed by atoms with Crippen LogP contribution >= 0.6 is 11.3 Å². The van der Waals surface area contributed by atoms with Crippen molar-refractivity contribution < 1.29 is 9.53 Å². The molecule has 4 rings (SSSR count). The maximum absolute atomic E-state index is 12.8. The number of morpholine rings is 1. The molecule has 1 N–H and O–H groups in total. The third kappa shape index (κ3) is 4.89. The number of ether oxygens (including phenoxy) is 1. The Bertz CT molecular complexity index is 929. The molecule has 0 bridgehead atoms. The number of aromatic nitrogens is 1. The van der Waals surface area contributed by atoms with E-state index in [4.69, 9.17) is 4.74 Å². The number of carbonyl (C=O) groups excluding carboxylic acids is 1. The minimum absolute atomic E-state index is 0.0837. The standard InChI is InChI=1S/C23H29N3O2S/c1-25-17-20(18-6-2-3-7-21(18)25)19(22-8-4-15-29-22)16-23(27)24-9-5-10-26-11-13-28-14-12-26/h2-4,6-8,15,17,19H,5,9-14,16H2,1H3,(H,24,27). The van der Waals surface area contributed by atoms with E-state index in [2.05, 4.69) is 69.8 Å². The number of amides is 1. The molecule has 1 unspecified atom stereocenters.